The van der Waals surface area contributed by atoms with Crippen molar-refractivity contribution >= 4 is 22.8 Å². The van der Waals surface area contributed by atoms with Crippen molar-refractivity contribution in [3.63, 3.8) is 0 Å². The number of carbonyl (C=O) groups is 2. The molecule has 6 heteroatoms. The van der Waals surface area contributed by atoms with Crippen molar-refractivity contribution in [2.75, 3.05) is 13.7 Å². The fourth-order valence-electron chi connectivity index (χ4n) is 3.85. The van der Waals surface area contributed by atoms with Crippen LogP contribution in [0.1, 0.15) is 40.0 Å². The highest BCUT2D eigenvalue weighted by atomic mass is 16.5. The molecule has 2 aromatic carbocycles. The first-order chi connectivity index (χ1) is 15.0. The number of benzene rings is 2. The van der Waals surface area contributed by atoms with E-state index in [9.17, 15) is 9.59 Å². The van der Waals surface area contributed by atoms with Crippen LogP contribution in [0.25, 0.3) is 10.9 Å². The summed E-state index contributed by atoms with van der Waals surface area (Å²) in [4.78, 5) is 32.0. The second-order valence-electron chi connectivity index (χ2n) is 7.89. The highest BCUT2D eigenvalue weighted by Crippen LogP contribution is 2.29. The number of aromatic nitrogens is 1. The van der Waals surface area contributed by atoms with Gasteiger partial charge in [0.1, 0.15) is 5.75 Å². The molecule has 0 aliphatic heterocycles. The number of nitrogens with zero attached hydrogens (tertiary/aromatic N) is 2. The second kappa shape index (κ2) is 8.76. The number of fused-ring (bicyclic) bond motifs is 1. The number of aryl methyl sites for hydroxylation is 2. The van der Waals surface area contributed by atoms with Gasteiger partial charge in [-0.25, -0.2) is 4.79 Å². The lowest BCUT2D eigenvalue weighted by Crippen LogP contribution is -2.36. The fraction of sp³-hybridized carbons (Fsp3) is 0.320. The van der Waals surface area contributed by atoms with E-state index in [0.29, 0.717) is 17.8 Å². The summed E-state index contributed by atoms with van der Waals surface area (Å²) in [7, 11) is 1.62. The number of para-hydroxylation sites is 1. The van der Waals surface area contributed by atoms with E-state index in [2.05, 4.69) is 4.98 Å². The van der Waals surface area contributed by atoms with Crippen molar-refractivity contribution in [2.24, 2.45) is 0 Å². The molecule has 1 aromatic heterocycles. The van der Waals surface area contributed by atoms with E-state index in [1.807, 2.05) is 55.5 Å². The summed E-state index contributed by atoms with van der Waals surface area (Å²) < 4.78 is 10.6. The molecular weight excluding hydrogens is 392 g/mol. The van der Waals surface area contributed by atoms with Gasteiger partial charge in [-0.1, -0.05) is 30.3 Å². The van der Waals surface area contributed by atoms with Gasteiger partial charge in [-0.05, 0) is 56.0 Å². The maximum atomic E-state index is 12.9. The van der Waals surface area contributed by atoms with E-state index in [1.165, 1.54) is 0 Å². The van der Waals surface area contributed by atoms with Crippen LogP contribution in [0.3, 0.4) is 0 Å². The number of amides is 1. The number of hydrogen-bond donors (Lipinski definition) is 0. The highest BCUT2D eigenvalue weighted by molar-refractivity contribution is 5.99. The van der Waals surface area contributed by atoms with E-state index in [0.717, 1.165) is 40.6 Å². The van der Waals surface area contributed by atoms with Crippen LogP contribution in [-0.2, 0) is 16.1 Å². The highest BCUT2D eigenvalue weighted by Gasteiger charge is 2.33. The van der Waals surface area contributed by atoms with E-state index < -0.39 is 5.97 Å². The van der Waals surface area contributed by atoms with Crippen molar-refractivity contribution in [2.45, 2.75) is 39.3 Å². The zero-order chi connectivity index (χ0) is 22.0. The summed E-state index contributed by atoms with van der Waals surface area (Å²) >= 11 is 0. The molecular formula is C25H26N2O4. The lowest BCUT2D eigenvalue weighted by atomic mass is 10.0. The SMILES string of the molecule is COc1ccc(CN(C(=O)COC(=O)c2c(C)nc3ccccc3c2C)C2CC2)cc1. The number of hydrogen-bond acceptors (Lipinski definition) is 5. The van der Waals surface area contributed by atoms with Gasteiger partial charge in [0.05, 0.1) is 23.9 Å². The number of carbonyl (C=O) groups excluding carboxylic acids is 2. The molecule has 160 valence electrons. The van der Waals surface area contributed by atoms with Crippen LogP contribution in [0.15, 0.2) is 48.5 Å². The Kier molecular flexibility index (Phi) is 5.89. The number of ether oxygens (including phenoxy) is 2. The van der Waals surface area contributed by atoms with E-state index >= 15 is 0 Å². The molecule has 0 N–H and O–H groups in total. The Morgan fingerprint density at radius 3 is 2.45 bits per heavy atom. The summed E-state index contributed by atoms with van der Waals surface area (Å²) in [5.41, 5.74) is 3.70. The number of pyridine rings is 1. The predicted octanol–water partition coefficient (Wildman–Crippen LogP) is 4.21. The molecule has 0 unspecified atom stereocenters. The Balaban J connectivity index is 1.45. The summed E-state index contributed by atoms with van der Waals surface area (Å²) in [5.74, 6) is 0.0780. The van der Waals surface area contributed by atoms with Crippen LogP contribution >= 0.6 is 0 Å². The van der Waals surface area contributed by atoms with E-state index in [1.54, 1.807) is 18.9 Å². The third kappa shape index (κ3) is 4.53. The summed E-state index contributed by atoms with van der Waals surface area (Å²) in [6, 6.07) is 15.5. The minimum Gasteiger partial charge on any atom is -0.497 e. The van der Waals surface area contributed by atoms with Crippen LogP contribution in [0.4, 0.5) is 0 Å². The maximum absolute atomic E-state index is 12.9. The van der Waals surface area contributed by atoms with Gasteiger partial charge in [0.2, 0.25) is 0 Å². The van der Waals surface area contributed by atoms with Gasteiger partial charge in [-0.2, -0.15) is 0 Å². The van der Waals surface area contributed by atoms with Gasteiger partial charge < -0.3 is 14.4 Å². The monoisotopic (exact) mass is 418 g/mol. The van der Waals surface area contributed by atoms with Gasteiger partial charge in [-0.15, -0.1) is 0 Å². The minimum absolute atomic E-state index is 0.185. The molecule has 0 spiro atoms. The zero-order valence-corrected chi connectivity index (χ0v) is 18.1. The average Bonchev–Trinajstić information content (AvgIpc) is 3.61. The molecule has 4 rings (SSSR count). The van der Waals surface area contributed by atoms with Gasteiger partial charge in [-0.3, -0.25) is 9.78 Å². The van der Waals surface area contributed by atoms with Crippen LogP contribution < -0.4 is 4.74 Å². The quantitative estimate of drug-likeness (QED) is 0.538. The van der Waals surface area contributed by atoms with Crippen LogP contribution in [0.2, 0.25) is 0 Å². The molecule has 6 nitrogen and oxygen atoms in total. The second-order valence-corrected chi connectivity index (χ2v) is 7.89. The summed E-state index contributed by atoms with van der Waals surface area (Å²) in [6.45, 7) is 3.88. The van der Waals surface area contributed by atoms with Gasteiger partial charge in [0, 0.05) is 18.0 Å². The molecule has 0 radical (unpaired) electrons. The molecule has 1 saturated carbocycles. The normalized spacial score (nSPS) is 13.1. The summed E-state index contributed by atoms with van der Waals surface area (Å²) in [6.07, 6.45) is 1.95. The predicted molar refractivity (Wildman–Crippen MR) is 118 cm³/mol. The van der Waals surface area contributed by atoms with E-state index in [-0.39, 0.29) is 18.6 Å². The number of methoxy groups -OCH3 is 1. The first-order valence-corrected chi connectivity index (χ1v) is 10.4. The summed E-state index contributed by atoms with van der Waals surface area (Å²) in [5, 5.41) is 0.908. The van der Waals surface area contributed by atoms with Crippen LogP contribution in [0.5, 0.6) is 5.75 Å². The lowest BCUT2D eigenvalue weighted by molar-refractivity contribution is -0.135. The van der Waals surface area contributed by atoms with Gasteiger partial charge in [0.15, 0.2) is 6.61 Å². The molecule has 1 amide bonds. The van der Waals surface area contributed by atoms with Crippen molar-refractivity contribution < 1.29 is 19.1 Å². The number of esters is 1. The molecule has 0 saturated heterocycles. The van der Waals surface area contributed by atoms with Crippen molar-refractivity contribution in [1.82, 2.24) is 9.88 Å². The maximum Gasteiger partial charge on any atom is 0.340 e. The minimum atomic E-state index is -0.512. The Hall–Kier alpha value is -3.41. The van der Waals surface area contributed by atoms with Crippen molar-refractivity contribution in [3.05, 3.63) is 70.9 Å². The van der Waals surface area contributed by atoms with E-state index in [4.69, 9.17) is 9.47 Å². The molecule has 31 heavy (non-hydrogen) atoms. The average molecular weight is 418 g/mol. The van der Waals surface area contributed by atoms with Crippen LogP contribution in [-0.4, -0.2) is 41.5 Å². The largest absolute Gasteiger partial charge is 0.497 e. The fourth-order valence-corrected chi connectivity index (χ4v) is 3.85. The Bertz CT molecular complexity index is 1120. The molecule has 0 bridgehead atoms. The van der Waals surface area contributed by atoms with Crippen molar-refractivity contribution in [3.8, 4) is 5.75 Å². The standard InChI is InChI=1S/C25H26N2O4/c1-16-21-6-4-5-7-22(21)26-17(2)24(16)25(29)31-15-23(28)27(19-10-11-19)14-18-8-12-20(30-3)13-9-18/h4-9,12-13,19H,10-11,14-15H2,1-3H3. The lowest BCUT2D eigenvalue weighted by Gasteiger charge is -2.22. The van der Waals surface area contributed by atoms with Crippen LogP contribution in [0, 0.1) is 13.8 Å². The molecule has 1 fully saturated rings. The topological polar surface area (TPSA) is 68.7 Å². The number of rotatable bonds is 7. The third-order valence-corrected chi connectivity index (χ3v) is 5.68. The molecule has 1 heterocycles. The molecule has 3 aromatic rings. The molecule has 0 atom stereocenters. The Labute approximate surface area is 181 Å². The molecule has 1 aliphatic carbocycles. The first-order valence-electron chi connectivity index (χ1n) is 10.4. The zero-order valence-electron chi connectivity index (χ0n) is 18.1. The van der Waals surface area contributed by atoms with Gasteiger partial charge in [0.25, 0.3) is 5.91 Å². The first kappa shape index (κ1) is 20.8. The third-order valence-electron chi connectivity index (χ3n) is 5.68. The Morgan fingerprint density at radius 1 is 1.06 bits per heavy atom. The smallest absolute Gasteiger partial charge is 0.340 e. The molecule has 1 aliphatic rings. The van der Waals surface area contributed by atoms with Crippen molar-refractivity contribution in [1.29, 1.82) is 0 Å². The Morgan fingerprint density at radius 2 is 1.77 bits per heavy atom. The van der Waals surface area contributed by atoms with Gasteiger partial charge >= 0.3 is 5.97 Å².